The van der Waals surface area contributed by atoms with Crippen LogP contribution in [0.3, 0.4) is 0 Å². The molecule has 0 saturated carbocycles. The summed E-state index contributed by atoms with van der Waals surface area (Å²) in [6, 6.07) is 20.0. The second-order valence-corrected chi connectivity index (χ2v) is 5.52. The lowest BCUT2D eigenvalue weighted by Crippen LogP contribution is -2.43. The van der Waals surface area contributed by atoms with Gasteiger partial charge in [0, 0.05) is 5.69 Å². The molecule has 0 radical (unpaired) electrons. The van der Waals surface area contributed by atoms with E-state index in [0.717, 1.165) is 16.5 Å². The van der Waals surface area contributed by atoms with Crippen LogP contribution in [0.4, 0.5) is 5.69 Å². The van der Waals surface area contributed by atoms with Gasteiger partial charge >= 0.3 is 0 Å². The Balaban J connectivity index is 1.67. The number of benzene rings is 3. The molecule has 0 aromatic heterocycles. The van der Waals surface area contributed by atoms with Crippen LogP contribution >= 0.6 is 12.2 Å². The van der Waals surface area contributed by atoms with Crippen LogP contribution in [-0.2, 0) is 0 Å². The molecule has 3 aromatic carbocycles. The van der Waals surface area contributed by atoms with Gasteiger partial charge in [-0.25, -0.2) is 0 Å². The van der Waals surface area contributed by atoms with E-state index < -0.39 is 5.91 Å². The summed E-state index contributed by atoms with van der Waals surface area (Å²) in [5, 5.41) is 15.0. The van der Waals surface area contributed by atoms with E-state index in [0.29, 0.717) is 0 Å². The fourth-order valence-corrected chi connectivity index (χ4v) is 2.44. The normalized spacial score (nSPS) is 10.2. The molecule has 3 aromatic rings. The van der Waals surface area contributed by atoms with E-state index in [4.69, 9.17) is 12.2 Å². The van der Waals surface area contributed by atoms with Gasteiger partial charge in [0.1, 0.15) is 5.75 Å². The number of carbonyl (C=O) groups is 1. The summed E-state index contributed by atoms with van der Waals surface area (Å²) in [5.74, 6) is -0.564. The minimum absolute atomic E-state index is 0.0880. The maximum Gasteiger partial charge on any atom is 0.273 e. The van der Waals surface area contributed by atoms with E-state index >= 15 is 0 Å². The van der Waals surface area contributed by atoms with E-state index in [-0.39, 0.29) is 16.4 Å². The molecular formula is C18H15N3O2S. The summed E-state index contributed by atoms with van der Waals surface area (Å²) in [7, 11) is 0. The van der Waals surface area contributed by atoms with Crippen LogP contribution in [0.15, 0.2) is 66.7 Å². The maximum atomic E-state index is 12.2. The van der Waals surface area contributed by atoms with Crippen LogP contribution in [-0.4, -0.2) is 16.1 Å². The quantitative estimate of drug-likeness (QED) is 0.427. The molecule has 1 amide bonds. The Bertz CT molecular complexity index is 897. The van der Waals surface area contributed by atoms with Gasteiger partial charge in [-0.2, -0.15) is 0 Å². The average Bonchev–Trinajstić information content (AvgIpc) is 2.60. The highest BCUT2D eigenvalue weighted by atomic mass is 32.1. The number of aromatic hydroxyl groups is 1. The molecule has 24 heavy (non-hydrogen) atoms. The third-order valence-electron chi connectivity index (χ3n) is 3.43. The summed E-state index contributed by atoms with van der Waals surface area (Å²) in [6.45, 7) is 0. The van der Waals surface area contributed by atoms with Gasteiger partial charge in [-0.15, -0.1) is 0 Å². The van der Waals surface area contributed by atoms with Gasteiger partial charge in [0.2, 0.25) is 0 Å². The number of phenolic OH excluding ortho intramolecular Hbond substituents is 1. The van der Waals surface area contributed by atoms with Gasteiger partial charge in [0.05, 0.1) is 5.56 Å². The summed E-state index contributed by atoms with van der Waals surface area (Å²) < 4.78 is 0. The Morgan fingerprint density at radius 3 is 2.21 bits per heavy atom. The summed E-state index contributed by atoms with van der Waals surface area (Å²) in [6.07, 6.45) is 0. The molecule has 0 aliphatic rings. The molecule has 0 spiro atoms. The number of hydrogen-bond donors (Lipinski definition) is 4. The molecule has 0 aliphatic heterocycles. The Morgan fingerprint density at radius 1 is 0.875 bits per heavy atom. The molecule has 0 saturated heterocycles. The molecule has 0 atom stereocenters. The van der Waals surface area contributed by atoms with Crippen molar-refractivity contribution in [1.82, 2.24) is 10.9 Å². The van der Waals surface area contributed by atoms with E-state index in [1.807, 2.05) is 54.6 Å². The summed E-state index contributed by atoms with van der Waals surface area (Å²) >= 11 is 5.11. The first-order chi connectivity index (χ1) is 11.6. The molecule has 4 N–H and O–H groups in total. The predicted octanol–water partition coefficient (Wildman–Crippen LogP) is 3.18. The predicted molar refractivity (Wildman–Crippen MR) is 98.9 cm³/mol. The zero-order chi connectivity index (χ0) is 16.9. The van der Waals surface area contributed by atoms with Crippen molar-refractivity contribution in [3.8, 4) is 5.75 Å². The number of fused-ring (bicyclic) bond motifs is 1. The number of para-hydroxylation sites is 1. The highest BCUT2D eigenvalue weighted by molar-refractivity contribution is 7.80. The zero-order valence-electron chi connectivity index (χ0n) is 12.6. The second kappa shape index (κ2) is 6.97. The van der Waals surface area contributed by atoms with E-state index in [1.165, 1.54) is 0 Å². The minimum Gasteiger partial charge on any atom is -0.507 e. The molecule has 0 unspecified atom stereocenters. The first kappa shape index (κ1) is 15.8. The highest BCUT2D eigenvalue weighted by Crippen LogP contribution is 2.24. The SMILES string of the molecule is O=C(NNC(=S)Nc1ccccc1)c1cc2ccccc2cc1O. The lowest BCUT2D eigenvalue weighted by molar-refractivity contribution is 0.0941. The minimum atomic E-state index is -0.476. The Morgan fingerprint density at radius 2 is 1.50 bits per heavy atom. The molecule has 120 valence electrons. The number of amides is 1. The number of anilines is 1. The molecule has 0 fully saturated rings. The molecule has 3 rings (SSSR count). The van der Waals surface area contributed by atoms with Crippen molar-refractivity contribution >= 4 is 39.7 Å². The number of carbonyl (C=O) groups excluding carboxylic acids is 1. The van der Waals surface area contributed by atoms with Crippen LogP contribution in [0.2, 0.25) is 0 Å². The van der Waals surface area contributed by atoms with Crippen molar-refractivity contribution in [3.63, 3.8) is 0 Å². The summed E-state index contributed by atoms with van der Waals surface area (Å²) in [4.78, 5) is 12.2. The molecule has 0 aliphatic carbocycles. The zero-order valence-corrected chi connectivity index (χ0v) is 13.4. The standard InChI is InChI=1S/C18H15N3O2S/c22-16-11-13-7-5-4-6-12(13)10-15(16)17(23)20-21-18(24)19-14-8-2-1-3-9-14/h1-11,22H,(H,20,23)(H2,19,21,24). The van der Waals surface area contributed by atoms with Gasteiger partial charge in [-0.05, 0) is 47.3 Å². The number of phenols is 1. The first-order valence-electron chi connectivity index (χ1n) is 7.27. The van der Waals surface area contributed by atoms with Crippen molar-refractivity contribution < 1.29 is 9.90 Å². The van der Waals surface area contributed by atoms with E-state index in [1.54, 1.807) is 12.1 Å². The topological polar surface area (TPSA) is 73.4 Å². The van der Waals surface area contributed by atoms with Gasteiger partial charge < -0.3 is 10.4 Å². The van der Waals surface area contributed by atoms with Gasteiger partial charge in [0.25, 0.3) is 5.91 Å². The Labute approximate surface area is 144 Å². The van der Waals surface area contributed by atoms with Crippen LogP contribution in [0, 0.1) is 0 Å². The monoisotopic (exact) mass is 337 g/mol. The smallest absolute Gasteiger partial charge is 0.273 e. The van der Waals surface area contributed by atoms with Crippen LogP contribution in [0.25, 0.3) is 10.8 Å². The number of hydrogen-bond acceptors (Lipinski definition) is 3. The van der Waals surface area contributed by atoms with Crippen LogP contribution < -0.4 is 16.2 Å². The number of thiocarbonyl (C=S) groups is 1. The fraction of sp³-hybridized carbons (Fsp3) is 0. The number of nitrogens with one attached hydrogen (secondary N) is 3. The van der Waals surface area contributed by atoms with Crippen molar-refractivity contribution in [2.45, 2.75) is 0 Å². The third kappa shape index (κ3) is 3.61. The highest BCUT2D eigenvalue weighted by Gasteiger charge is 2.12. The van der Waals surface area contributed by atoms with Gasteiger partial charge in [-0.1, -0.05) is 42.5 Å². The third-order valence-corrected chi connectivity index (χ3v) is 3.63. The molecule has 6 heteroatoms. The number of hydrazine groups is 1. The Hall–Kier alpha value is -3.12. The van der Waals surface area contributed by atoms with Gasteiger partial charge in [-0.3, -0.25) is 15.6 Å². The first-order valence-corrected chi connectivity index (χ1v) is 7.68. The molecule has 0 bridgehead atoms. The summed E-state index contributed by atoms with van der Waals surface area (Å²) in [5.41, 5.74) is 6.06. The van der Waals surface area contributed by atoms with Crippen molar-refractivity contribution in [2.75, 3.05) is 5.32 Å². The van der Waals surface area contributed by atoms with E-state index in [9.17, 15) is 9.90 Å². The van der Waals surface area contributed by atoms with Crippen molar-refractivity contribution in [2.24, 2.45) is 0 Å². The van der Waals surface area contributed by atoms with Crippen LogP contribution in [0.1, 0.15) is 10.4 Å². The lowest BCUT2D eigenvalue weighted by atomic mass is 10.1. The number of rotatable bonds is 2. The Kier molecular flexibility index (Phi) is 4.58. The lowest BCUT2D eigenvalue weighted by Gasteiger charge is -2.12. The largest absolute Gasteiger partial charge is 0.507 e. The average molecular weight is 337 g/mol. The molecular weight excluding hydrogens is 322 g/mol. The van der Waals surface area contributed by atoms with E-state index in [2.05, 4.69) is 16.2 Å². The van der Waals surface area contributed by atoms with Gasteiger partial charge in [0.15, 0.2) is 5.11 Å². The fourth-order valence-electron chi connectivity index (χ4n) is 2.27. The second-order valence-electron chi connectivity index (χ2n) is 5.12. The molecule has 0 heterocycles. The van der Waals surface area contributed by atoms with Crippen LogP contribution in [0.5, 0.6) is 5.75 Å². The maximum absolute atomic E-state index is 12.2. The molecule has 5 nitrogen and oxygen atoms in total. The van der Waals surface area contributed by atoms with Crippen molar-refractivity contribution in [1.29, 1.82) is 0 Å². The van der Waals surface area contributed by atoms with Crippen molar-refractivity contribution in [3.05, 3.63) is 72.3 Å².